The van der Waals surface area contributed by atoms with Crippen LogP contribution in [0, 0.1) is 5.92 Å². The third kappa shape index (κ3) is 3.94. The summed E-state index contributed by atoms with van der Waals surface area (Å²) in [6, 6.07) is 3.60. The van der Waals surface area contributed by atoms with Crippen LogP contribution in [-0.4, -0.2) is 46.6 Å². The molecule has 2 rings (SSSR count). The van der Waals surface area contributed by atoms with Crippen LogP contribution in [0.4, 0.5) is 0 Å². The Balaban J connectivity index is 1.65. The molecule has 0 spiro atoms. The zero-order chi connectivity index (χ0) is 14.4. The third-order valence-electron chi connectivity index (χ3n) is 3.33. The van der Waals surface area contributed by atoms with Crippen molar-refractivity contribution in [2.24, 2.45) is 5.92 Å². The fourth-order valence-electron chi connectivity index (χ4n) is 2.19. The molecule has 108 valence electrons. The molecule has 1 amide bonds. The largest absolute Gasteiger partial charge is 0.492 e. The molecular weight excluding hydrogens is 260 g/mol. The van der Waals surface area contributed by atoms with E-state index in [9.17, 15) is 9.59 Å². The van der Waals surface area contributed by atoms with Gasteiger partial charge in [-0.05, 0) is 25.0 Å². The van der Waals surface area contributed by atoms with Gasteiger partial charge in [-0.15, -0.1) is 0 Å². The Morgan fingerprint density at radius 1 is 1.50 bits per heavy atom. The number of carbonyl (C=O) groups excluding carboxylic acids is 1. The molecule has 1 N–H and O–H groups in total. The highest BCUT2D eigenvalue weighted by molar-refractivity contribution is 5.78. The first kappa shape index (κ1) is 14.3. The summed E-state index contributed by atoms with van der Waals surface area (Å²) in [7, 11) is 0. The Bertz CT molecular complexity index is 464. The standard InChI is InChI=1S/C14H18N2O4/c17-13(16-7-5-11(10-16)14(18)19)4-2-8-20-12-3-1-6-15-9-12/h1,3,6,9,11H,2,4-5,7-8,10H2,(H,18,19)/t11-/m0/s1. The fraction of sp³-hybridized carbons (Fsp3) is 0.500. The van der Waals surface area contributed by atoms with Gasteiger partial charge in [0.1, 0.15) is 5.75 Å². The molecule has 0 radical (unpaired) electrons. The van der Waals surface area contributed by atoms with Crippen molar-refractivity contribution in [1.82, 2.24) is 9.88 Å². The second-order valence-electron chi connectivity index (χ2n) is 4.80. The molecule has 6 nitrogen and oxygen atoms in total. The molecule has 0 bridgehead atoms. The molecule has 0 aliphatic carbocycles. The van der Waals surface area contributed by atoms with Crippen LogP contribution in [0.1, 0.15) is 19.3 Å². The lowest BCUT2D eigenvalue weighted by atomic mass is 10.1. The molecule has 0 aromatic carbocycles. The van der Waals surface area contributed by atoms with E-state index in [4.69, 9.17) is 9.84 Å². The molecule has 1 aromatic rings. The lowest BCUT2D eigenvalue weighted by Crippen LogP contribution is -2.30. The highest BCUT2D eigenvalue weighted by Gasteiger charge is 2.30. The molecule has 2 heterocycles. The van der Waals surface area contributed by atoms with E-state index >= 15 is 0 Å². The lowest BCUT2D eigenvalue weighted by Gasteiger charge is -2.15. The number of carboxylic acid groups (broad SMARTS) is 1. The average molecular weight is 278 g/mol. The van der Waals surface area contributed by atoms with Gasteiger partial charge in [0, 0.05) is 25.7 Å². The number of hydrogen-bond donors (Lipinski definition) is 1. The molecule has 6 heteroatoms. The highest BCUT2D eigenvalue weighted by Crippen LogP contribution is 2.17. The Morgan fingerprint density at radius 2 is 2.35 bits per heavy atom. The summed E-state index contributed by atoms with van der Waals surface area (Å²) in [6.07, 6.45) is 4.84. The minimum absolute atomic E-state index is 0.00327. The van der Waals surface area contributed by atoms with E-state index < -0.39 is 11.9 Å². The lowest BCUT2D eigenvalue weighted by molar-refractivity contribution is -0.141. The number of hydrogen-bond acceptors (Lipinski definition) is 4. The monoisotopic (exact) mass is 278 g/mol. The molecule has 0 saturated carbocycles. The van der Waals surface area contributed by atoms with E-state index in [0.717, 1.165) is 0 Å². The van der Waals surface area contributed by atoms with Gasteiger partial charge in [0.15, 0.2) is 0 Å². The van der Waals surface area contributed by atoms with Crippen LogP contribution in [-0.2, 0) is 9.59 Å². The van der Waals surface area contributed by atoms with Crippen molar-refractivity contribution in [3.8, 4) is 5.75 Å². The van der Waals surface area contributed by atoms with Gasteiger partial charge in [-0.25, -0.2) is 0 Å². The minimum atomic E-state index is -0.819. The number of carbonyl (C=O) groups is 2. The van der Waals surface area contributed by atoms with Crippen molar-refractivity contribution >= 4 is 11.9 Å². The Hall–Kier alpha value is -2.11. The maximum absolute atomic E-state index is 11.9. The first-order valence-corrected chi connectivity index (χ1v) is 6.70. The van der Waals surface area contributed by atoms with Gasteiger partial charge in [0.25, 0.3) is 0 Å². The summed E-state index contributed by atoms with van der Waals surface area (Å²) in [6.45, 7) is 1.32. The second kappa shape index (κ2) is 6.88. The molecule has 1 fully saturated rings. The number of amides is 1. The first-order chi connectivity index (χ1) is 9.66. The van der Waals surface area contributed by atoms with E-state index in [1.54, 1.807) is 23.4 Å². The molecule has 1 atom stereocenters. The number of carboxylic acids is 1. The van der Waals surface area contributed by atoms with E-state index in [0.29, 0.717) is 44.7 Å². The topological polar surface area (TPSA) is 79.7 Å². The van der Waals surface area contributed by atoms with Gasteiger partial charge < -0.3 is 14.7 Å². The third-order valence-corrected chi connectivity index (χ3v) is 3.33. The SMILES string of the molecule is O=C(O)[C@H]1CCN(C(=O)CCCOc2cccnc2)C1. The molecule has 1 aromatic heterocycles. The van der Waals surface area contributed by atoms with Gasteiger partial charge in [0.05, 0.1) is 18.7 Å². The number of rotatable bonds is 6. The Labute approximate surface area is 117 Å². The van der Waals surface area contributed by atoms with Gasteiger partial charge in [-0.2, -0.15) is 0 Å². The van der Waals surface area contributed by atoms with Crippen LogP contribution < -0.4 is 4.74 Å². The maximum Gasteiger partial charge on any atom is 0.308 e. The van der Waals surface area contributed by atoms with Crippen LogP contribution in [0.2, 0.25) is 0 Å². The zero-order valence-electron chi connectivity index (χ0n) is 11.2. The average Bonchev–Trinajstić information content (AvgIpc) is 2.94. The quantitative estimate of drug-likeness (QED) is 0.790. The van der Waals surface area contributed by atoms with E-state index in [2.05, 4.69) is 4.98 Å². The van der Waals surface area contributed by atoms with Gasteiger partial charge >= 0.3 is 5.97 Å². The van der Waals surface area contributed by atoms with Crippen molar-refractivity contribution in [2.45, 2.75) is 19.3 Å². The van der Waals surface area contributed by atoms with Crippen LogP contribution in [0.3, 0.4) is 0 Å². The fourth-order valence-corrected chi connectivity index (χ4v) is 2.19. The zero-order valence-corrected chi connectivity index (χ0v) is 11.2. The summed E-state index contributed by atoms with van der Waals surface area (Å²) >= 11 is 0. The van der Waals surface area contributed by atoms with Gasteiger partial charge in [-0.3, -0.25) is 14.6 Å². The van der Waals surface area contributed by atoms with Crippen molar-refractivity contribution in [1.29, 1.82) is 0 Å². The number of pyridine rings is 1. The molecule has 20 heavy (non-hydrogen) atoms. The number of likely N-dealkylation sites (tertiary alicyclic amines) is 1. The number of aliphatic carboxylic acids is 1. The summed E-state index contributed by atoms with van der Waals surface area (Å²) in [4.78, 5) is 28.3. The molecule has 1 saturated heterocycles. The summed E-state index contributed by atoms with van der Waals surface area (Å²) in [5, 5.41) is 8.89. The summed E-state index contributed by atoms with van der Waals surface area (Å²) in [5.41, 5.74) is 0. The van der Waals surface area contributed by atoms with Crippen LogP contribution in [0.25, 0.3) is 0 Å². The predicted octanol–water partition coefficient (Wildman–Crippen LogP) is 1.17. The molecular formula is C14H18N2O4. The van der Waals surface area contributed by atoms with Crippen LogP contribution in [0.5, 0.6) is 5.75 Å². The first-order valence-electron chi connectivity index (χ1n) is 6.70. The molecule has 1 aliphatic rings. The van der Waals surface area contributed by atoms with Crippen LogP contribution >= 0.6 is 0 Å². The second-order valence-corrected chi connectivity index (χ2v) is 4.80. The number of aromatic nitrogens is 1. The number of nitrogens with zero attached hydrogens (tertiary/aromatic N) is 2. The predicted molar refractivity (Wildman–Crippen MR) is 71.3 cm³/mol. The normalized spacial score (nSPS) is 18.0. The van der Waals surface area contributed by atoms with Crippen molar-refractivity contribution in [3.63, 3.8) is 0 Å². The van der Waals surface area contributed by atoms with Crippen molar-refractivity contribution in [2.75, 3.05) is 19.7 Å². The van der Waals surface area contributed by atoms with Crippen LogP contribution in [0.15, 0.2) is 24.5 Å². The highest BCUT2D eigenvalue weighted by atomic mass is 16.5. The van der Waals surface area contributed by atoms with E-state index in [1.807, 2.05) is 6.07 Å². The summed E-state index contributed by atoms with van der Waals surface area (Å²) in [5.74, 6) is -0.540. The van der Waals surface area contributed by atoms with E-state index in [-0.39, 0.29) is 5.91 Å². The van der Waals surface area contributed by atoms with Crippen molar-refractivity contribution < 1.29 is 19.4 Å². The Kier molecular flexibility index (Phi) is 4.92. The van der Waals surface area contributed by atoms with Crippen molar-refractivity contribution in [3.05, 3.63) is 24.5 Å². The van der Waals surface area contributed by atoms with Gasteiger partial charge in [-0.1, -0.05) is 0 Å². The number of ether oxygens (including phenoxy) is 1. The van der Waals surface area contributed by atoms with E-state index in [1.165, 1.54) is 0 Å². The minimum Gasteiger partial charge on any atom is -0.492 e. The van der Waals surface area contributed by atoms with Gasteiger partial charge in [0.2, 0.25) is 5.91 Å². The molecule has 1 aliphatic heterocycles. The smallest absolute Gasteiger partial charge is 0.308 e. The Morgan fingerprint density at radius 3 is 3.00 bits per heavy atom. The summed E-state index contributed by atoms with van der Waals surface area (Å²) < 4.78 is 5.45. The maximum atomic E-state index is 11.9. The molecule has 0 unspecified atom stereocenters.